The summed E-state index contributed by atoms with van der Waals surface area (Å²) in [4.78, 5) is 25.1. The largest absolute Gasteiger partial charge is 0.391 e. The van der Waals surface area contributed by atoms with Crippen molar-refractivity contribution >= 4 is 11.8 Å². The summed E-state index contributed by atoms with van der Waals surface area (Å²) in [5.41, 5.74) is 2.99. The Balaban J connectivity index is 1.42. The Bertz CT molecular complexity index is 913. The van der Waals surface area contributed by atoms with E-state index in [9.17, 15) is 19.8 Å². The molecule has 31 heavy (non-hydrogen) atoms. The first-order valence-electron chi connectivity index (χ1n) is 11.1. The lowest BCUT2D eigenvalue weighted by atomic mass is 9.92. The Labute approximate surface area is 182 Å². The summed E-state index contributed by atoms with van der Waals surface area (Å²) in [6.45, 7) is 0.142. The fraction of sp³-hybridized carbons (Fsp3) is 0.440. The van der Waals surface area contributed by atoms with E-state index in [1.54, 1.807) is 0 Å². The molecule has 1 fully saturated rings. The average Bonchev–Trinajstić information content (AvgIpc) is 3.57. The molecular weight excluding hydrogens is 392 g/mol. The van der Waals surface area contributed by atoms with Crippen LogP contribution >= 0.6 is 0 Å². The number of aliphatic hydroxyl groups is 2. The van der Waals surface area contributed by atoms with Gasteiger partial charge in [-0.25, -0.2) is 0 Å². The molecule has 2 amide bonds. The molecule has 2 aliphatic rings. The fourth-order valence-electron chi connectivity index (χ4n) is 4.32. The Morgan fingerprint density at radius 3 is 2.48 bits per heavy atom. The van der Waals surface area contributed by atoms with Crippen LogP contribution in [-0.4, -0.2) is 40.8 Å². The van der Waals surface area contributed by atoms with E-state index in [1.165, 1.54) is 0 Å². The summed E-state index contributed by atoms with van der Waals surface area (Å²) in [6.07, 6.45) is 1.56. The van der Waals surface area contributed by atoms with Crippen molar-refractivity contribution in [1.82, 2.24) is 10.6 Å². The highest BCUT2D eigenvalue weighted by Crippen LogP contribution is 2.32. The number of carbonyl (C=O) groups is 2. The molecule has 4 atom stereocenters. The molecule has 1 saturated carbocycles. The van der Waals surface area contributed by atoms with Gasteiger partial charge in [0, 0.05) is 24.8 Å². The van der Waals surface area contributed by atoms with Crippen molar-refractivity contribution in [3.63, 3.8) is 0 Å². The third-order valence-corrected chi connectivity index (χ3v) is 6.21. The van der Waals surface area contributed by atoms with Crippen LogP contribution in [0.15, 0.2) is 54.6 Å². The van der Waals surface area contributed by atoms with Crippen molar-refractivity contribution in [2.45, 2.75) is 50.4 Å². The molecule has 0 heterocycles. The third kappa shape index (κ3) is 5.51. The van der Waals surface area contributed by atoms with Crippen molar-refractivity contribution in [2.24, 2.45) is 11.8 Å². The van der Waals surface area contributed by atoms with Gasteiger partial charge in [0.1, 0.15) is 0 Å². The first-order chi connectivity index (χ1) is 15.0. The van der Waals surface area contributed by atoms with Crippen LogP contribution in [0.3, 0.4) is 0 Å². The van der Waals surface area contributed by atoms with Crippen LogP contribution in [0.1, 0.15) is 42.0 Å². The number of amides is 2. The molecule has 2 aliphatic carbocycles. The van der Waals surface area contributed by atoms with E-state index in [0.29, 0.717) is 12.8 Å². The lowest BCUT2D eigenvalue weighted by Crippen LogP contribution is -2.41. The van der Waals surface area contributed by atoms with Gasteiger partial charge in [0.25, 0.3) is 0 Å². The number of fused-ring (bicyclic) bond motifs is 1. The van der Waals surface area contributed by atoms with Crippen molar-refractivity contribution in [1.29, 1.82) is 0 Å². The first kappa shape index (κ1) is 21.5. The summed E-state index contributed by atoms with van der Waals surface area (Å²) >= 11 is 0. The third-order valence-electron chi connectivity index (χ3n) is 6.21. The summed E-state index contributed by atoms with van der Waals surface area (Å²) in [5.74, 6) is -0.610. The molecule has 0 radical (unpaired) electrons. The minimum atomic E-state index is -0.817. The monoisotopic (exact) mass is 422 g/mol. The van der Waals surface area contributed by atoms with Crippen molar-refractivity contribution in [2.75, 3.05) is 6.54 Å². The van der Waals surface area contributed by atoms with Gasteiger partial charge >= 0.3 is 0 Å². The zero-order chi connectivity index (χ0) is 21.8. The normalized spacial score (nSPS) is 21.7. The maximum Gasteiger partial charge on any atom is 0.224 e. The van der Waals surface area contributed by atoms with Crippen LogP contribution in [-0.2, 0) is 22.4 Å². The molecular formula is C25H30N2O4. The number of aliphatic hydroxyl groups excluding tert-OH is 2. The second-order valence-electron chi connectivity index (χ2n) is 8.75. The number of carbonyl (C=O) groups excluding carboxylic acids is 2. The van der Waals surface area contributed by atoms with Gasteiger partial charge in [-0.15, -0.1) is 0 Å². The maximum atomic E-state index is 13.2. The SMILES string of the molecule is O=C(NC[C@@H](O)C[C@@H](Cc1ccccc1)C(=O)N[C@H]1c2ccccc2C[C@H]1O)C1CC1. The predicted molar refractivity (Wildman–Crippen MR) is 117 cm³/mol. The molecule has 0 spiro atoms. The van der Waals surface area contributed by atoms with E-state index in [0.717, 1.165) is 29.5 Å². The van der Waals surface area contributed by atoms with Crippen molar-refractivity contribution in [3.05, 3.63) is 71.3 Å². The summed E-state index contributed by atoms with van der Waals surface area (Å²) in [7, 11) is 0. The van der Waals surface area contributed by atoms with Gasteiger partial charge in [0.15, 0.2) is 0 Å². The smallest absolute Gasteiger partial charge is 0.224 e. The molecule has 164 valence electrons. The second-order valence-corrected chi connectivity index (χ2v) is 8.75. The Kier molecular flexibility index (Phi) is 6.68. The molecule has 6 heteroatoms. The fourth-order valence-corrected chi connectivity index (χ4v) is 4.32. The molecule has 4 N–H and O–H groups in total. The molecule has 6 nitrogen and oxygen atoms in total. The summed E-state index contributed by atoms with van der Waals surface area (Å²) < 4.78 is 0. The van der Waals surface area contributed by atoms with Crippen LogP contribution in [0.4, 0.5) is 0 Å². The Morgan fingerprint density at radius 1 is 1.03 bits per heavy atom. The van der Waals surface area contributed by atoms with E-state index in [1.807, 2.05) is 54.6 Å². The quantitative estimate of drug-likeness (QED) is 0.496. The highest BCUT2D eigenvalue weighted by Gasteiger charge is 2.34. The van der Waals surface area contributed by atoms with E-state index in [4.69, 9.17) is 0 Å². The highest BCUT2D eigenvalue weighted by molar-refractivity contribution is 5.81. The van der Waals surface area contributed by atoms with Crippen LogP contribution < -0.4 is 10.6 Å². The number of hydrogen-bond donors (Lipinski definition) is 4. The first-order valence-corrected chi connectivity index (χ1v) is 11.1. The standard InChI is InChI=1S/C25H30N2O4/c28-20(15-26-24(30)17-10-11-17)13-19(12-16-6-2-1-3-7-16)25(31)27-23-21-9-5-4-8-18(21)14-22(23)29/h1-9,17,19-20,22-23,28-29H,10-15H2,(H,26,30)(H,27,31)/t19-,20+,22-,23+/m1/s1. The van der Waals surface area contributed by atoms with Gasteiger partial charge in [0.2, 0.25) is 11.8 Å². The molecule has 0 aliphatic heterocycles. The molecule has 2 aromatic rings. The average molecular weight is 423 g/mol. The molecule has 0 saturated heterocycles. The van der Waals surface area contributed by atoms with Crippen LogP contribution in [0.25, 0.3) is 0 Å². The molecule has 2 aromatic carbocycles. The van der Waals surface area contributed by atoms with Gasteiger partial charge in [0.05, 0.1) is 18.2 Å². The van der Waals surface area contributed by atoms with Gasteiger partial charge in [-0.2, -0.15) is 0 Å². The van der Waals surface area contributed by atoms with Gasteiger partial charge in [-0.1, -0.05) is 54.6 Å². The lowest BCUT2D eigenvalue weighted by Gasteiger charge is -2.24. The van der Waals surface area contributed by atoms with E-state index >= 15 is 0 Å². The van der Waals surface area contributed by atoms with E-state index in [2.05, 4.69) is 10.6 Å². The Hall–Kier alpha value is -2.70. The molecule has 0 unspecified atom stereocenters. The van der Waals surface area contributed by atoms with Crippen LogP contribution in [0.5, 0.6) is 0 Å². The topological polar surface area (TPSA) is 98.7 Å². The highest BCUT2D eigenvalue weighted by atomic mass is 16.3. The summed E-state index contributed by atoms with van der Waals surface area (Å²) in [6, 6.07) is 17.0. The van der Waals surface area contributed by atoms with E-state index < -0.39 is 24.2 Å². The minimum absolute atomic E-state index is 0.0196. The zero-order valence-corrected chi connectivity index (χ0v) is 17.5. The van der Waals surface area contributed by atoms with Crippen molar-refractivity contribution < 1.29 is 19.8 Å². The second kappa shape index (κ2) is 9.62. The number of nitrogens with one attached hydrogen (secondary N) is 2. The molecule has 0 aromatic heterocycles. The lowest BCUT2D eigenvalue weighted by molar-refractivity contribution is -0.127. The summed E-state index contributed by atoms with van der Waals surface area (Å²) in [5, 5.41) is 26.8. The van der Waals surface area contributed by atoms with Crippen LogP contribution in [0, 0.1) is 11.8 Å². The Morgan fingerprint density at radius 2 is 1.74 bits per heavy atom. The van der Waals surface area contributed by atoms with Crippen molar-refractivity contribution in [3.8, 4) is 0 Å². The number of rotatable bonds is 9. The van der Waals surface area contributed by atoms with E-state index in [-0.39, 0.29) is 30.7 Å². The molecule has 4 rings (SSSR count). The number of hydrogen-bond acceptors (Lipinski definition) is 4. The molecule has 0 bridgehead atoms. The number of benzene rings is 2. The minimum Gasteiger partial charge on any atom is -0.391 e. The van der Waals surface area contributed by atoms with Gasteiger partial charge in [-0.3, -0.25) is 9.59 Å². The van der Waals surface area contributed by atoms with Gasteiger partial charge < -0.3 is 20.8 Å². The predicted octanol–water partition coefficient (Wildman–Crippen LogP) is 1.90. The zero-order valence-electron chi connectivity index (χ0n) is 17.5. The maximum absolute atomic E-state index is 13.2. The van der Waals surface area contributed by atoms with Crippen LogP contribution in [0.2, 0.25) is 0 Å². The van der Waals surface area contributed by atoms with Gasteiger partial charge in [-0.05, 0) is 42.4 Å².